The van der Waals surface area contributed by atoms with Gasteiger partial charge < -0.3 is 14.8 Å². The topological polar surface area (TPSA) is 84.9 Å². The molecule has 2 aromatic rings. The Balaban J connectivity index is 2.09. The maximum atomic E-state index is 13.5. The highest BCUT2D eigenvalue weighted by molar-refractivity contribution is 7.89. The van der Waals surface area contributed by atoms with E-state index in [1.165, 1.54) is 23.5 Å². The standard InChI is InChI=1S/C19H22N2O5S/c1-25-17-9-5-3-7-14(17)16-13-20-11-12-21(16)27(23,24)18-10-6-4-8-15(18)19(22)26-2/h3-10,16,20H,11-13H2,1-2H3. The summed E-state index contributed by atoms with van der Waals surface area (Å²) in [6.45, 7) is 1.24. The second-order valence-electron chi connectivity index (χ2n) is 6.07. The number of nitrogens with zero attached hydrogens (tertiary/aromatic N) is 1. The number of benzene rings is 2. The predicted octanol–water partition coefficient (Wildman–Crippen LogP) is 1.82. The van der Waals surface area contributed by atoms with Crippen LogP contribution in [0.2, 0.25) is 0 Å². The quantitative estimate of drug-likeness (QED) is 0.784. The van der Waals surface area contributed by atoms with Gasteiger partial charge in [0.05, 0.1) is 30.7 Å². The number of para-hydroxylation sites is 1. The average molecular weight is 390 g/mol. The van der Waals surface area contributed by atoms with Crippen molar-refractivity contribution in [1.82, 2.24) is 9.62 Å². The van der Waals surface area contributed by atoms with Crippen LogP contribution in [0.3, 0.4) is 0 Å². The Morgan fingerprint density at radius 2 is 1.81 bits per heavy atom. The monoisotopic (exact) mass is 390 g/mol. The first-order valence-electron chi connectivity index (χ1n) is 8.53. The molecule has 1 aliphatic heterocycles. The van der Waals surface area contributed by atoms with Gasteiger partial charge in [0.1, 0.15) is 5.75 Å². The molecule has 1 fully saturated rings. The van der Waals surface area contributed by atoms with Gasteiger partial charge in [-0.3, -0.25) is 0 Å². The summed E-state index contributed by atoms with van der Waals surface area (Å²) in [4.78, 5) is 12.0. The Kier molecular flexibility index (Phi) is 5.79. The zero-order valence-electron chi connectivity index (χ0n) is 15.2. The van der Waals surface area contributed by atoms with E-state index in [1.807, 2.05) is 18.2 Å². The minimum absolute atomic E-state index is 0.0253. The first-order chi connectivity index (χ1) is 13.0. The van der Waals surface area contributed by atoms with Crippen molar-refractivity contribution in [3.63, 3.8) is 0 Å². The Labute approximate surface area is 158 Å². The van der Waals surface area contributed by atoms with Gasteiger partial charge in [0.2, 0.25) is 10.0 Å². The lowest BCUT2D eigenvalue weighted by Crippen LogP contribution is -2.48. The van der Waals surface area contributed by atoms with Gasteiger partial charge in [-0.2, -0.15) is 4.31 Å². The lowest BCUT2D eigenvalue weighted by atomic mass is 10.0. The van der Waals surface area contributed by atoms with Gasteiger partial charge in [0.15, 0.2) is 0 Å². The summed E-state index contributed by atoms with van der Waals surface area (Å²) >= 11 is 0. The first kappa shape index (κ1) is 19.3. The minimum Gasteiger partial charge on any atom is -0.496 e. The molecule has 2 aromatic carbocycles. The lowest BCUT2D eigenvalue weighted by molar-refractivity contribution is 0.0596. The second-order valence-corrected chi connectivity index (χ2v) is 7.92. The summed E-state index contributed by atoms with van der Waals surface area (Å²) in [7, 11) is -1.15. The summed E-state index contributed by atoms with van der Waals surface area (Å²) in [5.74, 6) is -0.0641. The lowest BCUT2D eigenvalue weighted by Gasteiger charge is -2.36. The molecule has 0 spiro atoms. The zero-order valence-corrected chi connectivity index (χ0v) is 16.0. The van der Waals surface area contributed by atoms with E-state index < -0.39 is 22.0 Å². The van der Waals surface area contributed by atoms with Crippen LogP contribution in [-0.2, 0) is 14.8 Å². The minimum atomic E-state index is -3.93. The number of carbonyl (C=O) groups excluding carboxylic acids is 1. The fourth-order valence-electron chi connectivity index (χ4n) is 3.28. The van der Waals surface area contributed by atoms with Crippen LogP contribution in [0, 0.1) is 0 Å². The van der Waals surface area contributed by atoms with Crippen molar-refractivity contribution in [1.29, 1.82) is 0 Å². The van der Waals surface area contributed by atoms with Crippen molar-refractivity contribution < 1.29 is 22.7 Å². The van der Waals surface area contributed by atoms with Crippen molar-refractivity contribution >= 4 is 16.0 Å². The summed E-state index contributed by atoms with van der Waals surface area (Å²) in [6.07, 6.45) is 0. The third-order valence-corrected chi connectivity index (χ3v) is 6.54. The van der Waals surface area contributed by atoms with E-state index in [1.54, 1.807) is 25.3 Å². The van der Waals surface area contributed by atoms with Crippen LogP contribution in [0.15, 0.2) is 53.4 Å². The highest BCUT2D eigenvalue weighted by Crippen LogP contribution is 2.34. The molecule has 1 saturated heterocycles. The zero-order chi connectivity index (χ0) is 19.4. The average Bonchev–Trinajstić information content (AvgIpc) is 2.73. The van der Waals surface area contributed by atoms with Crippen molar-refractivity contribution in [2.45, 2.75) is 10.9 Å². The van der Waals surface area contributed by atoms with Crippen molar-refractivity contribution in [2.24, 2.45) is 0 Å². The molecule has 1 aliphatic rings. The number of ether oxygens (including phenoxy) is 2. The van der Waals surface area contributed by atoms with Crippen LogP contribution in [-0.4, -0.2) is 52.5 Å². The number of sulfonamides is 1. The molecule has 1 heterocycles. The first-order valence-corrected chi connectivity index (χ1v) is 9.97. The Morgan fingerprint density at radius 3 is 2.56 bits per heavy atom. The molecule has 1 N–H and O–H groups in total. The molecule has 27 heavy (non-hydrogen) atoms. The van der Waals surface area contributed by atoms with E-state index in [9.17, 15) is 13.2 Å². The van der Waals surface area contributed by atoms with Gasteiger partial charge >= 0.3 is 5.97 Å². The number of hydrogen-bond donors (Lipinski definition) is 1. The third kappa shape index (κ3) is 3.69. The van der Waals surface area contributed by atoms with E-state index in [0.29, 0.717) is 18.8 Å². The molecule has 1 atom stereocenters. The molecular weight excluding hydrogens is 368 g/mol. The van der Waals surface area contributed by atoms with Crippen LogP contribution in [0.1, 0.15) is 22.0 Å². The highest BCUT2D eigenvalue weighted by Gasteiger charge is 2.37. The van der Waals surface area contributed by atoms with Gasteiger partial charge in [-0.15, -0.1) is 0 Å². The summed E-state index contributed by atoms with van der Waals surface area (Å²) < 4.78 is 38.5. The number of methoxy groups -OCH3 is 2. The number of carbonyl (C=O) groups is 1. The smallest absolute Gasteiger partial charge is 0.339 e. The molecule has 0 amide bonds. The SMILES string of the molecule is COC(=O)c1ccccc1S(=O)(=O)N1CCNCC1c1ccccc1OC. The molecular formula is C19H22N2O5S. The van der Waals surface area contributed by atoms with Crippen LogP contribution in [0.4, 0.5) is 0 Å². The summed E-state index contributed by atoms with van der Waals surface area (Å²) in [5, 5.41) is 3.23. The van der Waals surface area contributed by atoms with Crippen molar-refractivity contribution in [3.8, 4) is 5.75 Å². The molecule has 0 radical (unpaired) electrons. The molecule has 0 bridgehead atoms. The Hall–Kier alpha value is -2.42. The number of piperazine rings is 1. The van der Waals surface area contributed by atoms with E-state index in [4.69, 9.17) is 9.47 Å². The fourth-order valence-corrected chi connectivity index (χ4v) is 5.06. The Bertz CT molecular complexity index is 929. The number of nitrogens with one attached hydrogen (secondary N) is 1. The van der Waals surface area contributed by atoms with E-state index in [0.717, 1.165) is 5.56 Å². The molecule has 8 heteroatoms. The second kappa shape index (κ2) is 8.08. The van der Waals surface area contributed by atoms with Gasteiger partial charge in [-0.1, -0.05) is 30.3 Å². The van der Waals surface area contributed by atoms with Gasteiger partial charge in [0.25, 0.3) is 0 Å². The van der Waals surface area contributed by atoms with E-state index >= 15 is 0 Å². The van der Waals surface area contributed by atoms with E-state index in [2.05, 4.69) is 5.32 Å². The molecule has 1 unspecified atom stereocenters. The summed E-state index contributed by atoms with van der Waals surface area (Å²) in [6, 6.07) is 13.0. The molecule has 3 rings (SSSR count). The third-order valence-electron chi connectivity index (χ3n) is 4.57. The maximum absolute atomic E-state index is 13.5. The molecule has 0 saturated carbocycles. The van der Waals surface area contributed by atoms with E-state index in [-0.39, 0.29) is 17.0 Å². The number of esters is 1. The number of rotatable bonds is 5. The fraction of sp³-hybridized carbons (Fsp3) is 0.316. The van der Waals surface area contributed by atoms with Crippen LogP contribution >= 0.6 is 0 Å². The molecule has 0 aromatic heterocycles. The van der Waals surface area contributed by atoms with Crippen LogP contribution in [0.25, 0.3) is 0 Å². The van der Waals surface area contributed by atoms with Gasteiger partial charge in [-0.05, 0) is 18.2 Å². The van der Waals surface area contributed by atoms with Crippen molar-refractivity contribution in [3.05, 3.63) is 59.7 Å². The Morgan fingerprint density at radius 1 is 1.11 bits per heavy atom. The predicted molar refractivity (Wildman–Crippen MR) is 100 cm³/mol. The van der Waals surface area contributed by atoms with Crippen LogP contribution in [0.5, 0.6) is 5.75 Å². The van der Waals surface area contributed by atoms with Gasteiger partial charge in [0, 0.05) is 25.2 Å². The molecule has 0 aliphatic carbocycles. The van der Waals surface area contributed by atoms with Crippen molar-refractivity contribution in [2.75, 3.05) is 33.9 Å². The largest absolute Gasteiger partial charge is 0.496 e. The number of hydrogen-bond acceptors (Lipinski definition) is 6. The summed E-state index contributed by atoms with van der Waals surface area (Å²) in [5.41, 5.74) is 0.795. The molecule has 7 nitrogen and oxygen atoms in total. The normalized spacial score (nSPS) is 18.1. The van der Waals surface area contributed by atoms with Gasteiger partial charge in [-0.25, -0.2) is 13.2 Å². The molecule has 144 valence electrons. The van der Waals surface area contributed by atoms with Crippen LogP contribution < -0.4 is 10.1 Å². The highest BCUT2D eigenvalue weighted by atomic mass is 32.2. The maximum Gasteiger partial charge on any atom is 0.339 e.